The van der Waals surface area contributed by atoms with Gasteiger partial charge in [-0.05, 0) is 25.0 Å². The molecule has 1 unspecified atom stereocenters. The molecule has 0 aliphatic carbocycles. The zero-order chi connectivity index (χ0) is 13.5. The van der Waals surface area contributed by atoms with Crippen molar-refractivity contribution in [1.29, 1.82) is 0 Å². The van der Waals surface area contributed by atoms with E-state index in [9.17, 15) is 4.79 Å². The Kier molecular flexibility index (Phi) is 5.30. The predicted octanol–water partition coefficient (Wildman–Crippen LogP) is 0.0340. The van der Waals surface area contributed by atoms with Crippen molar-refractivity contribution in [3.8, 4) is 0 Å². The van der Waals surface area contributed by atoms with Crippen molar-refractivity contribution in [1.82, 2.24) is 20.5 Å². The highest BCUT2D eigenvalue weighted by molar-refractivity contribution is 5.81. The van der Waals surface area contributed by atoms with Gasteiger partial charge < -0.3 is 10.6 Å². The van der Waals surface area contributed by atoms with E-state index in [1.807, 2.05) is 25.3 Å². The van der Waals surface area contributed by atoms with Crippen LogP contribution in [-0.4, -0.2) is 54.6 Å². The van der Waals surface area contributed by atoms with Crippen LogP contribution >= 0.6 is 0 Å². The van der Waals surface area contributed by atoms with Gasteiger partial charge in [-0.25, -0.2) is 0 Å². The van der Waals surface area contributed by atoms with Gasteiger partial charge in [0.15, 0.2) is 0 Å². The molecule has 2 heterocycles. The number of amides is 1. The van der Waals surface area contributed by atoms with Crippen LogP contribution in [0.1, 0.15) is 12.5 Å². The number of aromatic nitrogens is 1. The van der Waals surface area contributed by atoms with Gasteiger partial charge in [0, 0.05) is 45.1 Å². The number of carbonyl (C=O) groups is 1. The summed E-state index contributed by atoms with van der Waals surface area (Å²) in [6, 6.07) is 3.90. The molecule has 1 fully saturated rings. The fourth-order valence-electron chi connectivity index (χ4n) is 2.26. The first kappa shape index (κ1) is 14.0. The van der Waals surface area contributed by atoms with Gasteiger partial charge in [-0.3, -0.25) is 14.7 Å². The van der Waals surface area contributed by atoms with Gasteiger partial charge in [0.1, 0.15) is 0 Å². The van der Waals surface area contributed by atoms with E-state index in [0.717, 1.165) is 38.2 Å². The van der Waals surface area contributed by atoms with Crippen LogP contribution in [0, 0.1) is 0 Å². The van der Waals surface area contributed by atoms with Crippen LogP contribution < -0.4 is 10.6 Å². The number of nitrogens with one attached hydrogen (secondary N) is 2. The molecule has 104 valence electrons. The minimum Gasteiger partial charge on any atom is -0.354 e. The number of hydrogen-bond donors (Lipinski definition) is 2. The third kappa shape index (κ3) is 4.29. The molecule has 1 saturated heterocycles. The van der Waals surface area contributed by atoms with Crippen molar-refractivity contribution in [2.45, 2.75) is 19.4 Å². The quantitative estimate of drug-likeness (QED) is 0.786. The summed E-state index contributed by atoms with van der Waals surface area (Å²) in [4.78, 5) is 18.3. The standard InChI is InChI=1S/C14H22N4O/c1-12(18-9-7-15-8-10-18)14(19)17-6-4-13-3-2-5-16-11-13/h2-3,5,11-12,15H,4,6-10H2,1H3,(H,17,19). The van der Waals surface area contributed by atoms with Crippen LogP contribution in [-0.2, 0) is 11.2 Å². The average molecular weight is 262 g/mol. The minimum atomic E-state index is -0.0454. The zero-order valence-electron chi connectivity index (χ0n) is 11.4. The third-order valence-corrected chi connectivity index (χ3v) is 3.51. The number of rotatable bonds is 5. The highest BCUT2D eigenvalue weighted by Crippen LogP contribution is 2.01. The second kappa shape index (κ2) is 7.21. The van der Waals surface area contributed by atoms with Crippen LogP contribution in [0.15, 0.2) is 24.5 Å². The maximum absolute atomic E-state index is 12.0. The summed E-state index contributed by atoms with van der Waals surface area (Å²) in [5.41, 5.74) is 1.15. The maximum Gasteiger partial charge on any atom is 0.237 e. The van der Waals surface area contributed by atoms with E-state index < -0.39 is 0 Å². The number of pyridine rings is 1. The topological polar surface area (TPSA) is 57.3 Å². The number of hydrogen-bond acceptors (Lipinski definition) is 4. The molecule has 1 aromatic rings. The van der Waals surface area contributed by atoms with Crippen molar-refractivity contribution in [2.75, 3.05) is 32.7 Å². The van der Waals surface area contributed by atoms with Crippen LogP contribution in [0.2, 0.25) is 0 Å². The summed E-state index contributed by atoms with van der Waals surface area (Å²) in [5.74, 6) is 0.116. The molecule has 2 rings (SSSR count). The summed E-state index contributed by atoms with van der Waals surface area (Å²) in [5, 5.41) is 6.29. The monoisotopic (exact) mass is 262 g/mol. The first-order valence-corrected chi connectivity index (χ1v) is 6.89. The lowest BCUT2D eigenvalue weighted by Crippen LogP contribution is -2.52. The summed E-state index contributed by atoms with van der Waals surface area (Å²) < 4.78 is 0. The molecule has 0 radical (unpaired) electrons. The Balaban J connectivity index is 1.71. The van der Waals surface area contributed by atoms with E-state index in [2.05, 4.69) is 20.5 Å². The van der Waals surface area contributed by atoms with Crippen LogP contribution in [0.3, 0.4) is 0 Å². The Bertz CT molecular complexity index is 390. The van der Waals surface area contributed by atoms with Crippen molar-refractivity contribution in [3.63, 3.8) is 0 Å². The largest absolute Gasteiger partial charge is 0.354 e. The summed E-state index contributed by atoms with van der Waals surface area (Å²) in [6.07, 6.45) is 4.42. The zero-order valence-corrected chi connectivity index (χ0v) is 11.4. The molecular weight excluding hydrogens is 240 g/mol. The van der Waals surface area contributed by atoms with Crippen molar-refractivity contribution >= 4 is 5.91 Å². The first-order valence-electron chi connectivity index (χ1n) is 6.89. The van der Waals surface area contributed by atoms with Crippen LogP contribution in [0.25, 0.3) is 0 Å². The van der Waals surface area contributed by atoms with E-state index in [1.165, 1.54) is 0 Å². The fraction of sp³-hybridized carbons (Fsp3) is 0.571. The van der Waals surface area contributed by atoms with E-state index in [1.54, 1.807) is 6.20 Å². The Morgan fingerprint density at radius 2 is 2.32 bits per heavy atom. The fourth-order valence-corrected chi connectivity index (χ4v) is 2.26. The third-order valence-electron chi connectivity index (χ3n) is 3.51. The molecule has 19 heavy (non-hydrogen) atoms. The van der Waals surface area contributed by atoms with E-state index in [-0.39, 0.29) is 11.9 Å². The Hall–Kier alpha value is -1.46. The van der Waals surface area contributed by atoms with E-state index in [0.29, 0.717) is 6.54 Å². The highest BCUT2D eigenvalue weighted by atomic mass is 16.2. The molecule has 0 bridgehead atoms. The molecule has 1 amide bonds. The lowest BCUT2D eigenvalue weighted by Gasteiger charge is -2.31. The van der Waals surface area contributed by atoms with Crippen molar-refractivity contribution in [3.05, 3.63) is 30.1 Å². The van der Waals surface area contributed by atoms with Gasteiger partial charge in [-0.1, -0.05) is 6.07 Å². The van der Waals surface area contributed by atoms with Crippen molar-refractivity contribution in [2.24, 2.45) is 0 Å². The summed E-state index contributed by atoms with van der Waals surface area (Å²) in [7, 11) is 0. The number of nitrogens with zero attached hydrogens (tertiary/aromatic N) is 2. The molecule has 0 aromatic carbocycles. The van der Waals surface area contributed by atoms with Gasteiger partial charge in [-0.15, -0.1) is 0 Å². The highest BCUT2D eigenvalue weighted by Gasteiger charge is 2.21. The summed E-state index contributed by atoms with van der Waals surface area (Å²) in [6.45, 7) is 6.46. The van der Waals surface area contributed by atoms with Crippen LogP contribution in [0.5, 0.6) is 0 Å². The SMILES string of the molecule is CC(C(=O)NCCc1cccnc1)N1CCNCC1. The molecule has 5 heteroatoms. The van der Waals surface area contributed by atoms with Crippen molar-refractivity contribution < 1.29 is 4.79 Å². The molecule has 1 aromatic heterocycles. The summed E-state index contributed by atoms with van der Waals surface area (Å²) >= 11 is 0. The second-order valence-electron chi connectivity index (χ2n) is 4.86. The first-order chi connectivity index (χ1) is 9.27. The van der Waals surface area contributed by atoms with Gasteiger partial charge >= 0.3 is 0 Å². The Labute approximate surface area is 114 Å². The minimum absolute atomic E-state index is 0.0454. The lowest BCUT2D eigenvalue weighted by atomic mass is 10.2. The second-order valence-corrected chi connectivity index (χ2v) is 4.86. The number of piperazine rings is 1. The molecule has 1 aliphatic rings. The molecule has 5 nitrogen and oxygen atoms in total. The number of carbonyl (C=O) groups excluding carboxylic acids is 1. The average Bonchev–Trinajstić information content (AvgIpc) is 2.48. The van der Waals surface area contributed by atoms with Gasteiger partial charge in [-0.2, -0.15) is 0 Å². The van der Waals surface area contributed by atoms with Crippen LogP contribution in [0.4, 0.5) is 0 Å². The predicted molar refractivity (Wildman–Crippen MR) is 74.9 cm³/mol. The van der Waals surface area contributed by atoms with E-state index in [4.69, 9.17) is 0 Å². The van der Waals surface area contributed by atoms with Gasteiger partial charge in [0.05, 0.1) is 6.04 Å². The smallest absolute Gasteiger partial charge is 0.237 e. The molecular formula is C14H22N4O. The molecule has 2 N–H and O–H groups in total. The van der Waals surface area contributed by atoms with E-state index >= 15 is 0 Å². The lowest BCUT2D eigenvalue weighted by molar-refractivity contribution is -0.126. The molecule has 0 saturated carbocycles. The Morgan fingerprint density at radius 3 is 3.00 bits per heavy atom. The van der Waals surface area contributed by atoms with Gasteiger partial charge in [0.25, 0.3) is 0 Å². The molecule has 0 spiro atoms. The molecule has 1 aliphatic heterocycles. The van der Waals surface area contributed by atoms with Gasteiger partial charge in [0.2, 0.25) is 5.91 Å². The molecule has 1 atom stereocenters. The normalized spacial score (nSPS) is 17.9. The maximum atomic E-state index is 12.0. The Morgan fingerprint density at radius 1 is 1.53 bits per heavy atom.